The molecule has 40 heavy (non-hydrogen) atoms. The van der Waals surface area contributed by atoms with Gasteiger partial charge in [-0.3, -0.25) is 9.59 Å². The number of fused-ring (bicyclic) bond motifs is 1. The quantitative estimate of drug-likeness (QED) is 0.136. The summed E-state index contributed by atoms with van der Waals surface area (Å²) in [5.41, 5.74) is 2.89. The molecule has 1 N–H and O–H groups in total. The molecule has 0 fully saturated rings. The van der Waals surface area contributed by atoms with Crippen molar-refractivity contribution in [1.29, 1.82) is 0 Å². The number of esters is 2. The predicted molar refractivity (Wildman–Crippen MR) is 153 cm³/mol. The summed E-state index contributed by atoms with van der Waals surface area (Å²) in [5.74, 6) is -0.811. The third kappa shape index (κ3) is 6.89. The number of carbonyl (C=O) groups is 3. The van der Waals surface area contributed by atoms with Crippen LogP contribution in [-0.4, -0.2) is 43.0 Å². The van der Waals surface area contributed by atoms with Crippen LogP contribution in [0.2, 0.25) is 5.02 Å². The van der Waals surface area contributed by atoms with Gasteiger partial charge in [-0.15, -0.1) is 0 Å². The molecule has 0 bridgehead atoms. The molecule has 216 valence electrons. The van der Waals surface area contributed by atoms with Gasteiger partial charge >= 0.3 is 11.9 Å². The van der Waals surface area contributed by atoms with Crippen molar-refractivity contribution in [1.82, 2.24) is 0 Å². The molecule has 0 aliphatic carbocycles. The fourth-order valence-corrected chi connectivity index (χ4v) is 4.59. The lowest BCUT2D eigenvalue weighted by atomic mass is 9.93. The van der Waals surface area contributed by atoms with Gasteiger partial charge in [-0.1, -0.05) is 58.1 Å². The Morgan fingerprint density at radius 3 is 2.30 bits per heavy atom. The third-order valence-corrected chi connectivity index (χ3v) is 7.10. The summed E-state index contributed by atoms with van der Waals surface area (Å²) >= 11 is 23.6. The highest BCUT2D eigenvalue weighted by Gasteiger charge is 2.36. The Kier molecular flexibility index (Phi) is 10.5. The first-order valence-electron chi connectivity index (χ1n) is 11.9. The van der Waals surface area contributed by atoms with Gasteiger partial charge in [0.2, 0.25) is 0 Å². The number of amides is 1. The van der Waals surface area contributed by atoms with Crippen LogP contribution in [0.15, 0.2) is 23.8 Å². The van der Waals surface area contributed by atoms with E-state index in [0.717, 1.165) is 5.57 Å². The molecule has 0 unspecified atom stereocenters. The van der Waals surface area contributed by atoms with Crippen LogP contribution in [0.5, 0.6) is 23.0 Å². The first-order chi connectivity index (χ1) is 18.8. The molecule has 1 aliphatic heterocycles. The molecule has 0 saturated heterocycles. The summed E-state index contributed by atoms with van der Waals surface area (Å²) in [6.45, 7) is 3.64. The number of hydrogen-bond acceptors (Lipinski definition) is 8. The van der Waals surface area contributed by atoms with Gasteiger partial charge in [-0.25, -0.2) is 4.79 Å². The van der Waals surface area contributed by atoms with Gasteiger partial charge in [0.15, 0.2) is 17.2 Å². The molecule has 0 aromatic heterocycles. The number of alkyl halides is 3. The van der Waals surface area contributed by atoms with Gasteiger partial charge < -0.3 is 29.0 Å². The highest BCUT2D eigenvalue weighted by Crippen LogP contribution is 2.43. The Bertz CT molecular complexity index is 1370. The number of anilines is 1. The van der Waals surface area contributed by atoms with Crippen molar-refractivity contribution in [2.45, 2.75) is 43.5 Å². The van der Waals surface area contributed by atoms with E-state index in [1.807, 2.05) is 13.0 Å². The summed E-state index contributed by atoms with van der Waals surface area (Å²) < 4.78 is 24.4. The largest absolute Gasteiger partial charge is 0.496 e. The number of benzene rings is 2. The van der Waals surface area contributed by atoms with E-state index >= 15 is 0 Å². The maximum atomic E-state index is 12.6. The number of ether oxygens (including phenoxy) is 5. The average Bonchev–Trinajstić information content (AvgIpc) is 3.29. The maximum Gasteiger partial charge on any atom is 0.341 e. The van der Waals surface area contributed by atoms with E-state index in [1.165, 1.54) is 27.4 Å². The Balaban J connectivity index is 1.82. The van der Waals surface area contributed by atoms with Crippen LogP contribution in [-0.2, 0) is 27.4 Å². The van der Waals surface area contributed by atoms with Crippen LogP contribution in [0.3, 0.4) is 0 Å². The maximum absolute atomic E-state index is 12.6. The fourth-order valence-electron chi connectivity index (χ4n) is 4.18. The first kappa shape index (κ1) is 31.7. The van der Waals surface area contributed by atoms with Gasteiger partial charge in [-0.05, 0) is 44.4 Å². The summed E-state index contributed by atoms with van der Waals surface area (Å²) in [7, 11) is 4.37. The van der Waals surface area contributed by atoms with Crippen molar-refractivity contribution in [3.05, 3.63) is 51.1 Å². The second-order valence-corrected chi connectivity index (χ2v) is 11.4. The van der Waals surface area contributed by atoms with Crippen LogP contribution in [0.25, 0.3) is 0 Å². The molecule has 2 aromatic carbocycles. The topological polar surface area (TPSA) is 109 Å². The lowest BCUT2D eigenvalue weighted by Crippen LogP contribution is -2.28. The van der Waals surface area contributed by atoms with Crippen molar-refractivity contribution in [3.8, 4) is 23.0 Å². The van der Waals surface area contributed by atoms with E-state index in [2.05, 4.69) is 5.32 Å². The van der Waals surface area contributed by atoms with Gasteiger partial charge in [0.05, 0.1) is 32.6 Å². The highest BCUT2D eigenvalue weighted by molar-refractivity contribution is 6.76. The van der Waals surface area contributed by atoms with Crippen molar-refractivity contribution in [2.24, 2.45) is 0 Å². The number of halogens is 4. The summed E-state index contributed by atoms with van der Waals surface area (Å²) in [6.07, 6.45) is 2.47. The van der Waals surface area contributed by atoms with Crippen molar-refractivity contribution in [3.63, 3.8) is 0 Å². The molecule has 9 nitrogen and oxygen atoms in total. The standard InChI is InChI=1S/C27H27Cl4NO8/c1-13(7-11-19(33)40-17-9-10-18(36-3)24(38-5)21(17)28)6-8-15-22(32-26(35)27(29,30)31)20-16(12-39-25(20)34)14(2)23(15)37-4/h6,9-10H,7-8,11-12H2,1-5H3,(H,32,35). The zero-order valence-corrected chi connectivity index (χ0v) is 25.4. The molecular formula is C27H27Cl4NO8. The average molecular weight is 635 g/mol. The molecule has 1 aliphatic rings. The van der Waals surface area contributed by atoms with E-state index in [-0.39, 0.29) is 47.2 Å². The molecule has 3 rings (SSSR count). The van der Waals surface area contributed by atoms with Crippen LogP contribution in [0, 0.1) is 6.92 Å². The van der Waals surface area contributed by atoms with E-state index in [4.69, 9.17) is 70.1 Å². The lowest BCUT2D eigenvalue weighted by Gasteiger charge is -2.21. The zero-order chi connectivity index (χ0) is 29.8. The number of hydrogen-bond donors (Lipinski definition) is 1. The minimum Gasteiger partial charge on any atom is -0.496 e. The molecule has 1 amide bonds. The first-order valence-corrected chi connectivity index (χ1v) is 13.4. The summed E-state index contributed by atoms with van der Waals surface area (Å²) in [6, 6.07) is 3.10. The number of cyclic esters (lactones) is 1. The Morgan fingerprint density at radius 2 is 1.70 bits per heavy atom. The van der Waals surface area contributed by atoms with Crippen LogP contribution in [0.1, 0.15) is 46.8 Å². The van der Waals surface area contributed by atoms with Gasteiger partial charge in [-0.2, -0.15) is 0 Å². The van der Waals surface area contributed by atoms with Crippen LogP contribution >= 0.6 is 46.4 Å². The van der Waals surface area contributed by atoms with Crippen molar-refractivity contribution >= 4 is 69.9 Å². The monoisotopic (exact) mass is 633 g/mol. The lowest BCUT2D eigenvalue weighted by molar-refractivity contribution is -0.134. The minimum atomic E-state index is -2.27. The predicted octanol–water partition coefficient (Wildman–Crippen LogP) is 6.53. The molecule has 0 atom stereocenters. The molecule has 0 radical (unpaired) electrons. The Morgan fingerprint density at radius 1 is 1.05 bits per heavy atom. The van der Waals surface area contributed by atoms with Crippen molar-refractivity contribution in [2.75, 3.05) is 26.6 Å². The normalized spacial score (nSPS) is 12.9. The molecule has 1 heterocycles. The number of allylic oxidation sites excluding steroid dienone is 2. The van der Waals surface area contributed by atoms with Crippen LogP contribution in [0.4, 0.5) is 5.69 Å². The van der Waals surface area contributed by atoms with Gasteiger partial charge in [0, 0.05) is 17.5 Å². The van der Waals surface area contributed by atoms with Gasteiger partial charge in [0.25, 0.3) is 9.70 Å². The van der Waals surface area contributed by atoms with Crippen molar-refractivity contribution < 1.29 is 38.1 Å². The Hall–Kier alpha value is -2.85. The Labute approximate surface area is 251 Å². The van der Waals surface area contributed by atoms with E-state index < -0.39 is 21.6 Å². The number of nitrogens with one attached hydrogen (secondary N) is 1. The SMILES string of the molecule is COc1ccc(OC(=O)CCC(C)=CCc2c(NC(=O)C(Cl)(Cl)Cl)c3c(c(C)c2OC)COC3=O)c(Cl)c1OC. The molecule has 0 saturated carbocycles. The smallest absolute Gasteiger partial charge is 0.341 e. The highest BCUT2D eigenvalue weighted by atomic mass is 35.6. The number of methoxy groups -OCH3 is 3. The van der Waals surface area contributed by atoms with Crippen LogP contribution < -0.4 is 24.3 Å². The summed E-state index contributed by atoms with van der Waals surface area (Å²) in [4.78, 5) is 37.7. The zero-order valence-electron chi connectivity index (χ0n) is 22.3. The van der Waals surface area contributed by atoms with E-state index in [0.29, 0.717) is 34.6 Å². The molecule has 13 heteroatoms. The molecule has 0 spiro atoms. The third-order valence-electron chi connectivity index (χ3n) is 6.22. The van der Waals surface area contributed by atoms with E-state index in [1.54, 1.807) is 13.0 Å². The molecular weight excluding hydrogens is 608 g/mol. The minimum absolute atomic E-state index is 0.0222. The second-order valence-electron chi connectivity index (χ2n) is 8.74. The van der Waals surface area contributed by atoms with E-state index in [9.17, 15) is 14.4 Å². The van der Waals surface area contributed by atoms with Gasteiger partial charge in [0.1, 0.15) is 17.4 Å². The number of rotatable bonds is 10. The second kappa shape index (κ2) is 13.2. The summed E-state index contributed by atoms with van der Waals surface area (Å²) in [5, 5.41) is 2.67. The fraction of sp³-hybridized carbons (Fsp3) is 0.370. The number of carbonyl (C=O) groups excluding carboxylic acids is 3. The molecule has 2 aromatic rings.